The van der Waals surface area contributed by atoms with Gasteiger partial charge in [-0.25, -0.2) is 4.40 Å². The highest BCUT2D eigenvalue weighted by atomic mass is 16.2. The summed E-state index contributed by atoms with van der Waals surface area (Å²) >= 11 is 0. The minimum absolute atomic E-state index is 0.218. The van der Waals surface area contributed by atoms with Crippen LogP contribution in [0.5, 0.6) is 0 Å². The van der Waals surface area contributed by atoms with Gasteiger partial charge < -0.3 is 10.3 Å². The summed E-state index contributed by atoms with van der Waals surface area (Å²) < 4.78 is 1.48. The van der Waals surface area contributed by atoms with E-state index in [0.717, 1.165) is 11.0 Å². The van der Waals surface area contributed by atoms with Crippen LogP contribution >= 0.6 is 0 Å². The Balaban J connectivity index is 1.78. The van der Waals surface area contributed by atoms with Crippen molar-refractivity contribution in [2.75, 3.05) is 5.32 Å². The van der Waals surface area contributed by atoms with Crippen LogP contribution < -0.4 is 10.9 Å². The van der Waals surface area contributed by atoms with Crippen molar-refractivity contribution in [2.24, 2.45) is 0 Å². The zero-order valence-corrected chi connectivity index (χ0v) is 12.0. The van der Waals surface area contributed by atoms with Crippen LogP contribution in [0.3, 0.4) is 0 Å². The van der Waals surface area contributed by atoms with Gasteiger partial charge >= 0.3 is 0 Å². The Bertz CT molecular complexity index is 1080. The van der Waals surface area contributed by atoms with E-state index in [1.54, 1.807) is 24.3 Å². The van der Waals surface area contributed by atoms with Gasteiger partial charge in [-0.1, -0.05) is 30.3 Å². The summed E-state index contributed by atoms with van der Waals surface area (Å²) in [6.07, 6.45) is 0. The molecule has 0 saturated heterocycles. The summed E-state index contributed by atoms with van der Waals surface area (Å²) in [5, 5.41) is 2.65. The highest BCUT2D eigenvalue weighted by molar-refractivity contribution is 6.03. The molecular weight excluding hydrogens is 292 g/mol. The van der Waals surface area contributed by atoms with Crippen molar-refractivity contribution in [2.45, 2.75) is 0 Å². The fourth-order valence-corrected chi connectivity index (χ4v) is 2.54. The smallest absolute Gasteiger partial charge is 0.261 e. The number of amides is 1. The summed E-state index contributed by atoms with van der Waals surface area (Å²) in [7, 11) is 0. The molecule has 2 N–H and O–H groups in total. The first-order chi connectivity index (χ1) is 11.2. The monoisotopic (exact) mass is 304 g/mol. The van der Waals surface area contributed by atoms with Crippen LogP contribution in [0.25, 0.3) is 16.8 Å². The maximum Gasteiger partial charge on any atom is 0.261 e. The number of rotatable bonds is 2. The van der Waals surface area contributed by atoms with Crippen LogP contribution in [0.2, 0.25) is 0 Å². The summed E-state index contributed by atoms with van der Waals surface area (Å²) in [5.74, 6) is 0.301. The van der Waals surface area contributed by atoms with Crippen molar-refractivity contribution >= 4 is 28.5 Å². The van der Waals surface area contributed by atoms with E-state index in [1.807, 2.05) is 30.3 Å². The molecule has 6 nitrogen and oxygen atoms in total. The molecule has 0 saturated carbocycles. The zero-order valence-electron chi connectivity index (χ0n) is 12.0. The second-order valence-electron chi connectivity index (χ2n) is 5.10. The molecule has 0 aliphatic carbocycles. The predicted octanol–water partition coefficient (Wildman–Crippen LogP) is 2.43. The molecule has 2 heterocycles. The third-order valence-corrected chi connectivity index (χ3v) is 3.59. The number of anilines is 1. The van der Waals surface area contributed by atoms with E-state index in [4.69, 9.17) is 0 Å². The van der Waals surface area contributed by atoms with Gasteiger partial charge in [0.25, 0.3) is 11.5 Å². The van der Waals surface area contributed by atoms with E-state index >= 15 is 0 Å². The third-order valence-electron chi connectivity index (χ3n) is 3.59. The van der Waals surface area contributed by atoms with Crippen LogP contribution in [-0.2, 0) is 0 Å². The molecule has 23 heavy (non-hydrogen) atoms. The molecule has 0 spiro atoms. The number of nitrogens with zero attached hydrogens (tertiary/aromatic N) is 2. The first-order valence-corrected chi connectivity index (χ1v) is 7.09. The van der Waals surface area contributed by atoms with Crippen molar-refractivity contribution < 1.29 is 4.79 Å². The van der Waals surface area contributed by atoms with Gasteiger partial charge in [-0.2, -0.15) is 4.98 Å². The van der Waals surface area contributed by atoms with Crippen LogP contribution in [0.4, 0.5) is 5.82 Å². The Labute approximate surface area is 130 Å². The Morgan fingerprint density at radius 2 is 1.78 bits per heavy atom. The molecule has 0 aliphatic heterocycles. The quantitative estimate of drug-likeness (QED) is 0.597. The Hall–Kier alpha value is -3.41. The minimum Gasteiger partial charge on any atom is -0.323 e. The van der Waals surface area contributed by atoms with Crippen LogP contribution in [-0.4, -0.2) is 20.3 Å². The van der Waals surface area contributed by atoms with E-state index in [2.05, 4.69) is 15.3 Å². The number of hydrogen-bond acceptors (Lipinski definition) is 3. The average molecular weight is 304 g/mol. The zero-order chi connectivity index (χ0) is 15.8. The molecule has 0 radical (unpaired) electrons. The topological polar surface area (TPSA) is 79.3 Å². The third kappa shape index (κ3) is 2.26. The molecular formula is C17H12N4O2. The minimum atomic E-state index is -0.307. The number of carbonyl (C=O) groups is 1. The fourth-order valence-electron chi connectivity index (χ4n) is 2.54. The number of fused-ring (bicyclic) bond motifs is 3. The number of para-hydroxylation sites is 2. The number of hydrogen-bond donors (Lipinski definition) is 2. The van der Waals surface area contributed by atoms with Crippen LogP contribution in [0, 0.1) is 0 Å². The van der Waals surface area contributed by atoms with Gasteiger partial charge in [-0.15, -0.1) is 0 Å². The van der Waals surface area contributed by atoms with Crippen LogP contribution in [0.15, 0.2) is 65.5 Å². The molecule has 0 fully saturated rings. The number of imidazole rings is 1. The Morgan fingerprint density at radius 3 is 2.61 bits per heavy atom. The molecule has 0 unspecified atom stereocenters. The van der Waals surface area contributed by atoms with E-state index in [1.165, 1.54) is 10.5 Å². The van der Waals surface area contributed by atoms with Crippen molar-refractivity contribution in [3.63, 3.8) is 0 Å². The summed E-state index contributed by atoms with van der Waals surface area (Å²) in [4.78, 5) is 31.9. The van der Waals surface area contributed by atoms with E-state index in [9.17, 15) is 9.59 Å². The number of H-pyrrole nitrogens is 1. The maximum absolute atomic E-state index is 12.3. The molecule has 0 atom stereocenters. The second-order valence-corrected chi connectivity index (χ2v) is 5.10. The van der Waals surface area contributed by atoms with Gasteiger partial charge in [0.2, 0.25) is 5.78 Å². The average Bonchev–Trinajstić information content (AvgIpc) is 2.94. The summed E-state index contributed by atoms with van der Waals surface area (Å²) in [5.41, 5.74) is 1.81. The lowest BCUT2D eigenvalue weighted by molar-refractivity contribution is 0.102. The lowest BCUT2D eigenvalue weighted by Gasteiger charge is -2.04. The van der Waals surface area contributed by atoms with Gasteiger partial charge in [0.1, 0.15) is 5.82 Å². The van der Waals surface area contributed by atoms with Crippen molar-refractivity contribution in [3.8, 4) is 0 Å². The first-order valence-electron chi connectivity index (χ1n) is 7.09. The number of aromatic amines is 1. The maximum atomic E-state index is 12.3. The van der Waals surface area contributed by atoms with Gasteiger partial charge in [0, 0.05) is 11.6 Å². The lowest BCUT2D eigenvalue weighted by Crippen LogP contribution is -2.18. The molecule has 2 aromatic heterocycles. The number of aromatic nitrogens is 3. The highest BCUT2D eigenvalue weighted by Crippen LogP contribution is 2.14. The molecule has 1 amide bonds. The number of nitrogens with one attached hydrogen (secondary N) is 2. The van der Waals surface area contributed by atoms with E-state index in [0.29, 0.717) is 11.3 Å². The second kappa shape index (κ2) is 5.10. The predicted molar refractivity (Wildman–Crippen MR) is 87.7 cm³/mol. The number of carbonyl (C=O) groups excluding carboxylic acids is 1. The van der Waals surface area contributed by atoms with Crippen LogP contribution in [0.1, 0.15) is 10.4 Å². The van der Waals surface area contributed by atoms with Gasteiger partial charge in [0.15, 0.2) is 0 Å². The SMILES string of the molecule is O=C(Nc1cc(=O)n2c(n1)[nH]c1ccccc12)c1ccccc1. The molecule has 0 bridgehead atoms. The Morgan fingerprint density at radius 1 is 1.04 bits per heavy atom. The van der Waals surface area contributed by atoms with Gasteiger partial charge in [0.05, 0.1) is 11.0 Å². The van der Waals surface area contributed by atoms with Gasteiger partial charge in [-0.05, 0) is 24.3 Å². The fraction of sp³-hybridized carbons (Fsp3) is 0. The molecule has 2 aromatic carbocycles. The largest absolute Gasteiger partial charge is 0.323 e. The molecule has 4 rings (SSSR count). The van der Waals surface area contributed by atoms with Gasteiger partial charge in [-0.3, -0.25) is 9.59 Å². The summed E-state index contributed by atoms with van der Waals surface area (Å²) in [6, 6.07) is 17.5. The molecule has 4 aromatic rings. The molecule has 6 heteroatoms. The number of benzene rings is 2. The highest BCUT2D eigenvalue weighted by Gasteiger charge is 2.11. The summed E-state index contributed by atoms with van der Waals surface area (Å²) in [6.45, 7) is 0. The van der Waals surface area contributed by atoms with E-state index in [-0.39, 0.29) is 17.3 Å². The lowest BCUT2D eigenvalue weighted by atomic mass is 10.2. The molecule has 0 aliphatic rings. The van der Waals surface area contributed by atoms with Crippen molar-refractivity contribution in [1.29, 1.82) is 0 Å². The first kappa shape index (κ1) is 13.3. The standard InChI is InChI=1S/C17H12N4O2/c22-15-10-14(19-16(23)11-6-2-1-3-7-11)20-17-18-12-8-4-5-9-13(12)21(15)17/h1-10H,(H,18,20)(H,19,23). The van der Waals surface area contributed by atoms with E-state index < -0.39 is 0 Å². The van der Waals surface area contributed by atoms with Crippen molar-refractivity contribution in [1.82, 2.24) is 14.4 Å². The molecule has 112 valence electrons. The Kier molecular flexibility index (Phi) is 2.94. The van der Waals surface area contributed by atoms with Crippen molar-refractivity contribution in [3.05, 3.63) is 76.6 Å². The normalized spacial score (nSPS) is 11.0.